The van der Waals surface area contributed by atoms with Crippen LogP contribution in [-0.2, 0) is 10.0 Å². The molecule has 0 bridgehead atoms. The van der Waals surface area contributed by atoms with Gasteiger partial charge in [0.15, 0.2) is 0 Å². The van der Waals surface area contributed by atoms with Gasteiger partial charge in [-0.15, -0.1) is 0 Å². The van der Waals surface area contributed by atoms with Gasteiger partial charge in [-0.3, -0.25) is 9.52 Å². The maximum atomic E-state index is 12.4. The molecule has 0 saturated heterocycles. The number of nitrogens with one attached hydrogen (secondary N) is 2. The maximum Gasteiger partial charge on any atom is 0.261 e. The van der Waals surface area contributed by atoms with Gasteiger partial charge in [-0.25, -0.2) is 8.42 Å². The van der Waals surface area contributed by atoms with Crippen molar-refractivity contribution in [2.45, 2.75) is 18.2 Å². The van der Waals surface area contributed by atoms with E-state index in [1.54, 1.807) is 6.07 Å². The van der Waals surface area contributed by atoms with E-state index in [1.807, 2.05) is 13.0 Å². The van der Waals surface area contributed by atoms with Gasteiger partial charge in [0, 0.05) is 17.8 Å². The number of benzene rings is 2. The summed E-state index contributed by atoms with van der Waals surface area (Å²) in [5.41, 5.74) is 1.06. The SMILES string of the molecule is CCCNC(=O)c1cccc(S(=O)(=O)Nc2ccc(C#N)cc2)c1. The van der Waals surface area contributed by atoms with Crippen LogP contribution in [0, 0.1) is 11.3 Å². The molecule has 0 radical (unpaired) electrons. The van der Waals surface area contributed by atoms with E-state index in [4.69, 9.17) is 5.26 Å². The molecule has 2 N–H and O–H groups in total. The Balaban J connectivity index is 2.22. The minimum atomic E-state index is -3.82. The normalized spacial score (nSPS) is 10.7. The fourth-order valence-electron chi connectivity index (χ4n) is 1.97. The van der Waals surface area contributed by atoms with E-state index in [2.05, 4.69) is 10.0 Å². The molecule has 0 unspecified atom stereocenters. The topological polar surface area (TPSA) is 99.1 Å². The van der Waals surface area contributed by atoms with Crippen molar-refractivity contribution in [1.29, 1.82) is 5.26 Å². The fourth-order valence-corrected chi connectivity index (χ4v) is 3.08. The van der Waals surface area contributed by atoms with Gasteiger partial charge in [0.25, 0.3) is 15.9 Å². The number of rotatable bonds is 6. The highest BCUT2D eigenvalue weighted by atomic mass is 32.2. The molecule has 1 amide bonds. The maximum absolute atomic E-state index is 12.4. The lowest BCUT2D eigenvalue weighted by molar-refractivity contribution is 0.0953. The molecule has 0 spiro atoms. The third-order valence-corrected chi connectivity index (χ3v) is 4.59. The lowest BCUT2D eigenvalue weighted by Gasteiger charge is -2.10. The van der Waals surface area contributed by atoms with Gasteiger partial charge in [-0.2, -0.15) is 5.26 Å². The van der Waals surface area contributed by atoms with Crippen LogP contribution in [0.5, 0.6) is 0 Å². The lowest BCUT2D eigenvalue weighted by atomic mass is 10.2. The monoisotopic (exact) mass is 343 g/mol. The Labute approximate surface area is 141 Å². The zero-order valence-corrected chi connectivity index (χ0v) is 13.9. The summed E-state index contributed by atoms with van der Waals surface area (Å²) in [4.78, 5) is 12.0. The first-order chi connectivity index (χ1) is 11.5. The summed E-state index contributed by atoms with van der Waals surface area (Å²) in [5.74, 6) is -0.313. The minimum absolute atomic E-state index is 0.00370. The van der Waals surface area contributed by atoms with Crippen molar-refractivity contribution in [2.24, 2.45) is 0 Å². The van der Waals surface area contributed by atoms with Gasteiger partial charge in [0.1, 0.15) is 0 Å². The Kier molecular flexibility index (Phi) is 5.55. The average Bonchev–Trinajstić information content (AvgIpc) is 2.60. The molecule has 0 aromatic heterocycles. The molecule has 2 aromatic rings. The van der Waals surface area contributed by atoms with E-state index < -0.39 is 10.0 Å². The number of carbonyl (C=O) groups is 1. The Morgan fingerprint density at radius 1 is 1.17 bits per heavy atom. The first kappa shape index (κ1) is 17.5. The molecule has 0 aliphatic rings. The van der Waals surface area contributed by atoms with Crippen molar-refractivity contribution in [3.05, 3.63) is 59.7 Å². The van der Waals surface area contributed by atoms with E-state index >= 15 is 0 Å². The van der Waals surface area contributed by atoms with Gasteiger partial charge in [0.05, 0.1) is 16.5 Å². The summed E-state index contributed by atoms with van der Waals surface area (Å²) in [5, 5.41) is 11.5. The zero-order chi connectivity index (χ0) is 17.6. The molecule has 6 nitrogen and oxygen atoms in total. The highest BCUT2D eigenvalue weighted by Crippen LogP contribution is 2.17. The number of sulfonamides is 1. The molecule has 0 aliphatic heterocycles. The van der Waals surface area contributed by atoms with Crippen LogP contribution >= 0.6 is 0 Å². The number of nitriles is 1. The predicted molar refractivity (Wildman–Crippen MR) is 91.0 cm³/mol. The van der Waals surface area contributed by atoms with Crippen LogP contribution in [-0.4, -0.2) is 20.9 Å². The Hall–Kier alpha value is -2.85. The van der Waals surface area contributed by atoms with Crippen LogP contribution in [0.1, 0.15) is 29.3 Å². The molecule has 0 heterocycles. The predicted octanol–water partition coefficient (Wildman–Crippen LogP) is 2.50. The Morgan fingerprint density at radius 2 is 1.88 bits per heavy atom. The van der Waals surface area contributed by atoms with Crippen LogP contribution in [0.3, 0.4) is 0 Å². The first-order valence-electron chi connectivity index (χ1n) is 7.37. The molecule has 0 atom stereocenters. The second-order valence-electron chi connectivity index (χ2n) is 5.08. The number of hydrogen-bond acceptors (Lipinski definition) is 4. The van der Waals surface area contributed by atoms with Gasteiger partial charge < -0.3 is 5.32 Å². The summed E-state index contributed by atoms with van der Waals surface area (Å²) in [6.07, 6.45) is 0.796. The van der Waals surface area contributed by atoms with Gasteiger partial charge >= 0.3 is 0 Å². The van der Waals surface area contributed by atoms with Crippen molar-refractivity contribution >= 4 is 21.6 Å². The van der Waals surface area contributed by atoms with Crippen LogP contribution in [0.4, 0.5) is 5.69 Å². The van der Waals surface area contributed by atoms with Crippen LogP contribution in [0.25, 0.3) is 0 Å². The largest absolute Gasteiger partial charge is 0.352 e. The Morgan fingerprint density at radius 3 is 2.50 bits per heavy atom. The van der Waals surface area contributed by atoms with Crippen molar-refractivity contribution in [2.75, 3.05) is 11.3 Å². The average molecular weight is 343 g/mol. The van der Waals surface area contributed by atoms with Crippen molar-refractivity contribution in [3.63, 3.8) is 0 Å². The summed E-state index contributed by atoms with van der Waals surface area (Å²) in [6, 6.07) is 13.9. The fraction of sp³-hybridized carbons (Fsp3) is 0.176. The van der Waals surface area contributed by atoms with Crippen molar-refractivity contribution < 1.29 is 13.2 Å². The summed E-state index contributed by atoms with van der Waals surface area (Å²) in [6.45, 7) is 2.46. The number of anilines is 1. The standard InChI is InChI=1S/C17H17N3O3S/c1-2-10-19-17(21)14-4-3-5-16(11-14)24(22,23)20-15-8-6-13(12-18)7-9-15/h3-9,11,20H,2,10H2,1H3,(H,19,21). The van der Waals surface area contributed by atoms with Crippen molar-refractivity contribution in [3.8, 4) is 6.07 Å². The number of nitrogens with zero attached hydrogens (tertiary/aromatic N) is 1. The highest BCUT2D eigenvalue weighted by molar-refractivity contribution is 7.92. The molecule has 24 heavy (non-hydrogen) atoms. The van der Waals surface area contributed by atoms with Gasteiger partial charge in [-0.05, 0) is 48.9 Å². The second-order valence-corrected chi connectivity index (χ2v) is 6.76. The van der Waals surface area contributed by atoms with E-state index in [0.717, 1.165) is 6.42 Å². The first-order valence-corrected chi connectivity index (χ1v) is 8.86. The van der Waals surface area contributed by atoms with Crippen molar-refractivity contribution in [1.82, 2.24) is 5.32 Å². The molecule has 0 aliphatic carbocycles. The van der Waals surface area contributed by atoms with Crippen LogP contribution in [0.15, 0.2) is 53.4 Å². The summed E-state index contributed by atoms with van der Waals surface area (Å²) in [7, 11) is -3.82. The number of amides is 1. The lowest BCUT2D eigenvalue weighted by Crippen LogP contribution is -2.24. The molecule has 7 heteroatoms. The second kappa shape index (κ2) is 7.62. The van der Waals surface area contributed by atoms with Crippen LogP contribution < -0.4 is 10.0 Å². The molecule has 2 rings (SSSR count). The van der Waals surface area contributed by atoms with Gasteiger partial charge in [-0.1, -0.05) is 13.0 Å². The molecular weight excluding hydrogens is 326 g/mol. The number of hydrogen-bond donors (Lipinski definition) is 2. The molecule has 124 valence electrons. The minimum Gasteiger partial charge on any atom is -0.352 e. The van der Waals surface area contributed by atoms with E-state index in [0.29, 0.717) is 17.8 Å². The molecule has 0 fully saturated rings. The third kappa shape index (κ3) is 4.33. The van der Waals surface area contributed by atoms with Gasteiger partial charge in [0.2, 0.25) is 0 Å². The number of carbonyl (C=O) groups excluding carboxylic acids is 1. The Bertz CT molecular complexity index is 869. The zero-order valence-electron chi connectivity index (χ0n) is 13.1. The smallest absolute Gasteiger partial charge is 0.261 e. The highest BCUT2D eigenvalue weighted by Gasteiger charge is 2.16. The molecular formula is C17H17N3O3S. The van der Waals surface area contributed by atoms with E-state index in [-0.39, 0.29) is 16.4 Å². The summed E-state index contributed by atoms with van der Waals surface area (Å²) >= 11 is 0. The molecule has 2 aromatic carbocycles. The summed E-state index contributed by atoms with van der Waals surface area (Å²) < 4.78 is 27.3. The third-order valence-electron chi connectivity index (χ3n) is 3.21. The van der Waals surface area contributed by atoms with Crippen LogP contribution in [0.2, 0.25) is 0 Å². The molecule has 0 saturated carbocycles. The van der Waals surface area contributed by atoms with E-state index in [9.17, 15) is 13.2 Å². The quantitative estimate of drug-likeness (QED) is 0.842. The van der Waals surface area contributed by atoms with E-state index in [1.165, 1.54) is 42.5 Å².